The largest absolute Gasteiger partial charge is 0.380 e. The monoisotopic (exact) mass is 248 g/mol. The summed E-state index contributed by atoms with van der Waals surface area (Å²) < 4.78 is 0. The number of pyridine rings is 1. The average molecular weight is 248 g/mol. The molecule has 1 aromatic heterocycles. The number of hydrogen-bond donors (Lipinski definition) is 1. The van der Waals surface area contributed by atoms with Crippen LogP contribution in [0.15, 0.2) is 42.6 Å². The Morgan fingerprint density at radius 1 is 1.11 bits per heavy atom. The molecule has 19 heavy (non-hydrogen) atoms. The van der Waals surface area contributed by atoms with E-state index in [9.17, 15) is 0 Å². The average Bonchev–Trinajstić information content (AvgIpc) is 2.92. The summed E-state index contributed by atoms with van der Waals surface area (Å²) in [5, 5.41) is 3.46. The summed E-state index contributed by atoms with van der Waals surface area (Å²) in [6.07, 6.45) is 7.68. The quantitative estimate of drug-likeness (QED) is 0.838. The van der Waals surface area contributed by atoms with Crippen LogP contribution in [0.2, 0.25) is 0 Å². The Kier molecular flexibility index (Phi) is 2.41. The molecular formula is C17H16N2. The first-order chi connectivity index (χ1) is 9.42. The summed E-state index contributed by atoms with van der Waals surface area (Å²) in [6.45, 7) is 0. The molecule has 0 bridgehead atoms. The number of nitrogens with one attached hydrogen (secondary N) is 1. The van der Waals surface area contributed by atoms with Gasteiger partial charge >= 0.3 is 0 Å². The van der Waals surface area contributed by atoms with E-state index in [1.807, 2.05) is 6.20 Å². The zero-order valence-corrected chi connectivity index (χ0v) is 10.8. The van der Waals surface area contributed by atoms with Gasteiger partial charge in [0.05, 0.1) is 11.7 Å². The van der Waals surface area contributed by atoms with Crippen molar-refractivity contribution < 1.29 is 0 Å². The van der Waals surface area contributed by atoms with Crippen molar-refractivity contribution in [2.45, 2.75) is 25.3 Å². The molecule has 0 amide bonds. The lowest BCUT2D eigenvalue weighted by Gasteiger charge is -2.24. The second kappa shape index (κ2) is 4.23. The van der Waals surface area contributed by atoms with Crippen LogP contribution in [0.5, 0.6) is 0 Å². The molecule has 2 heterocycles. The van der Waals surface area contributed by atoms with Crippen LogP contribution >= 0.6 is 0 Å². The first-order valence-corrected chi connectivity index (χ1v) is 6.92. The minimum absolute atomic E-state index is 0.236. The van der Waals surface area contributed by atoms with Crippen molar-refractivity contribution in [2.75, 3.05) is 0 Å². The summed E-state index contributed by atoms with van der Waals surface area (Å²) in [7, 11) is 0. The van der Waals surface area contributed by atoms with Gasteiger partial charge < -0.3 is 5.32 Å². The fraction of sp³-hybridized carbons (Fsp3) is 0.235. The maximum Gasteiger partial charge on any atom is 0.0783 e. The van der Waals surface area contributed by atoms with E-state index in [1.165, 1.54) is 35.2 Å². The molecule has 2 aliphatic rings. The first kappa shape index (κ1) is 10.8. The predicted molar refractivity (Wildman–Crippen MR) is 76.7 cm³/mol. The normalized spacial score (nSPS) is 19.7. The summed E-state index contributed by atoms with van der Waals surface area (Å²) in [4.78, 5) is 4.84. The second-order valence-corrected chi connectivity index (χ2v) is 5.27. The molecule has 1 unspecified atom stereocenters. The predicted octanol–water partition coefficient (Wildman–Crippen LogP) is 3.23. The third-order valence-electron chi connectivity index (χ3n) is 4.06. The number of rotatable bonds is 1. The lowest BCUT2D eigenvalue weighted by Crippen LogP contribution is -2.22. The molecule has 0 saturated heterocycles. The van der Waals surface area contributed by atoms with E-state index in [-0.39, 0.29) is 6.04 Å². The maximum atomic E-state index is 4.84. The zero-order valence-electron chi connectivity index (χ0n) is 10.8. The zero-order chi connectivity index (χ0) is 12.7. The van der Waals surface area contributed by atoms with E-state index in [0.717, 1.165) is 12.1 Å². The van der Waals surface area contributed by atoms with Crippen LogP contribution in [0.3, 0.4) is 0 Å². The van der Waals surface area contributed by atoms with Gasteiger partial charge in [-0.15, -0.1) is 0 Å². The molecule has 1 N–H and O–H groups in total. The van der Waals surface area contributed by atoms with Crippen LogP contribution in [0.1, 0.15) is 40.5 Å². The maximum absolute atomic E-state index is 4.84. The van der Waals surface area contributed by atoms with E-state index in [4.69, 9.17) is 4.98 Å². The highest BCUT2D eigenvalue weighted by Crippen LogP contribution is 2.32. The third kappa shape index (κ3) is 1.75. The van der Waals surface area contributed by atoms with Gasteiger partial charge in [-0.2, -0.15) is 0 Å². The van der Waals surface area contributed by atoms with Crippen molar-refractivity contribution in [2.24, 2.45) is 0 Å². The van der Waals surface area contributed by atoms with Crippen LogP contribution in [-0.4, -0.2) is 4.98 Å². The second-order valence-electron chi connectivity index (χ2n) is 5.27. The molecule has 0 saturated carbocycles. The topological polar surface area (TPSA) is 24.9 Å². The molecule has 0 radical (unpaired) electrons. The van der Waals surface area contributed by atoms with Gasteiger partial charge in [-0.25, -0.2) is 0 Å². The summed E-state index contributed by atoms with van der Waals surface area (Å²) in [5.74, 6) is 0. The van der Waals surface area contributed by atoms with Crippen LogP contribution in [0.4, 0.5) is 0 Å². The Morgan fingerprint density at radius 3 is 2.89 bits per heavy atom. The van der Waals surface area contributed by atoms with Crippen LogP contribution in [-0.2, 0) is 12.8 Å². The van der Waals surface area contributed by atoms with Gasteiger partial charge in [-0.3, -0.25) is 4.98 Å². The Morgan fingerprint density at radius 2 is 2.00 bits per heavy atom. The molecule has 0 spiro atoms. The smallest absolute Gasteiger partial charge is 0.0783 e. The molecule has 2 aromatic rings. The van der Waals surface area contributed by atoms with E-state index in [1.54, 1.807) is 0 Å². The number of benzene rings is 1. The number of aromatic nitrogens is 1. The van der Waals surface area contributed by atoms with Crippen LogP contribution in [0, 0.1) is 0 Å². The van der Waals surface area contributed by atoms with Gasteiger partial charge in [0.1, 0.15) is 0 Å². The number of nitrogens with zero attached hydrogens (tertiary/aromatic N) is 1. The first-order valence-electron chi connectivity index (χ1n) is 6.92. The molecule has 94 valence electrons. The van der Waals surface area contributed by atoms with E-state index < -0.39 is 0 Å². The SMILES string of the molecule is C1=Cc2nc3c(cc2C(c2ccccc2)N1)CCC3. The fourth-order valence-electron chi connectivity index (χ4n) is 3.10. The summed E-state index contributed by atoms with van der Waals surface area (Å²) in [6, 6.07) is 13.2. The highest BCUT2D eigenvalue weighted by molar-refractivity contribution is 5.57. The summed E-state index contributed by atoms with van der Waals surface area (Å²) >= 11 is 0. The van der Waals surface area contributed by atoms with Crippen molar-refractivity contribution in [3.05, 3.63) is 70.7 Å². The third-order valence-corrected chi connectivity index (χ3v) is 4.06. The molecule has 1 aliphatic heterocycles. The number of aryl methyl sites for hydroxylation is 2. The molecule has 2 heteroatoms. The minimum Gasteiger partial charge on any atom is -0.380 e. The van der Waals surface area contributed by atoms with Crippen molar-refractivity contribution in [1.82, 2.24) is 10.3 Å². The van der Waals surface area contributed by atoms with E-state index in [2.05, 4.69) is 47.8 Å². The van der Waals surface area contributed by atoms with Gasteiger partial charge in [0.2, 0.25) is 0 Å². The lowest BCUT2D eigenvalue weighted by atomic mass is 9.94. The van der Waals surface area contributed by atoms with Gasteiger partial charge in [0, 0.05) is 11.3 Å². The number of hydrogen-bond acceptors (Lipinski definition) is 2. The molecule has 1 aliphatic carbocycles. The van der Waals surface area contributed by atoms with Gasteiger partial charge in [0.15, 0.2) is 0 Å². The van der Waals surface area contributed by atoms with Crippen LogP contribution in [0.25, 0.3) is 6.08 Å². The molecule has 4 rings (SSSR count). The van der Waals surface area contributed by atoms with E-state index >= 15 is 0 Å². The fourth-order valence-corrected chi connectivity index (χ4v) is 3.10. The molecular weight excluding hydrogens is 232 g/mol. The van der Waals surface area contributed by atoms with Gasteiger partial charge in [-0.1, -0.05) is 30.3 Å². The minimum atomic E-state index is 0.236. The molecule has 0 fully saturated rings. The Bertz CT molecular complexity index is 644. The summed E-state index contributed by atoms with van der Waals surface area (Å²) in [5.41, 5.74) is 6.49. The lowest BCUT2D eigenvalue weighted by molar-refractivity contribution is 0.712. The molecule has 2 nitrogen and oxygen atoms in total. The highest BCUT2D eigenvalue weighted by Gasteiger charge is 2.23. The molecule has 1 atom stereocenters. The van der Waals surface area contributed by atoms with Crippen molar-refractivity contribution in [3.63, 3.8) is 0 Å². The standard InChI is InChI=1S/C17H16N2/c1-2-5-12(6-3-1)17-14-11-13-7-4-8-15(13)19-16(14)9-10-18-17/h1-3,5-6,9-11,17-18H,4,7-8H2. The Balaban J connectivity index is 1.85. The number of fused-ring (bicyclic) bond motifs is 2. The highest BCUT2D eigenvalue weighted by atomic mass is 14.9. The Hall–Kier alpha value is -2.09. The van der Waals surface area contributed by atoms with Gasteiger partial charge in [-0.05, 0) is 48.7 Å². The Labute approximate surface area is 113 Å². The van der Waals surface area contributed by atoms with Gasteiger partial charge in [0.25, 0.3) is 0 Å². The van der Waals surface area contributed by atoms with E-state index in [0.29, 0.717) is 0 Å². The van der Waals surface area contributed by atoms with Crippen molar-refractivity contribution in [1.29, 1.82) is 0 Å². The molecule has 1 aromatic carbocycles. The van der Waals surface area contributed by atoms with Crippen molar-refractivity contribution >= 4 is 6.08 Å². The van der Waals surface area contributed by atoms with Crippen LogP contribution < -0.4 is 5.32 Å². The van der Waals surface area contributed by atoms with Crippen molar-refractivity contribution in [3.8, 4) is 0 Å².